The third kappa shape index (κ3) is 3.30. The number of benzene rings is 2. The number of nitrogens with zero attached hydrogens (tertiary/aromatic N) is 1. The number of amides is 1. The predicted molar refractivity (Wildman–Crippen MR) is 83.7 cm³/mol. The first-order valence-electron chi connectivity index (χ1n) is 6.32. The highest BCUT2D eigenvalue weighted by molar-refractivity contribution is 6.32. The van der Waals surface area contributed by atoms with Crippen molar-refractivity contribution in [3.63, 3.8) is 0 Å². The van der Waals surface area contributed by atoms with E-state index in [-0.39, 0.29) is 10.9 Å². The Labute approximate surface area is 133 Å². The zero-order valence-corrected chi connectivity index (χ0v) is 12.8. The van der Waals surface area contributed by atoms with Gasteiger partial charge in [-0.05, 0) is 36.4 Å². The smallest absolute Gasteiger partial charge is 0.259 e. The summed E-state index contributed by atoms with van der Waals surface area (Å²) in [7, 11) is 3.00. The summed E-state index contributed by atoms with van der Waals surface area (Å²) in [6.45, 7) is 0. The average Bonchev–Trinajstić information content (AvgIpc) is 2.54. The molecule has 0 aliphatic heterocycles. The van der Waals surface area contributed by atoms with Gasteiger partial charge in [0.2, 0.25) is 0 Å². The topological polar surface area (TPSA) is 71.3 Å². The van der Waals surface area contributed by atoms with E-state index in [0.29, 0.717) is 28.3 Å². The first-order valence-corrected chi connectivity index (χ1v) is 6.70. The van der Waals surface area contributed by atoms with Crippen molar-refractivity contribution in [1.29, 1.82) is 5.26 Å². The minimum Gasteiger partial charge on any atom is -0.497 e. The molecule has 6 heteroatoms. The van der Waals surface area contributed by atoms with E-state index in [9.17, 15) is 4.79 Å². The van der Waals surface area contributed by atoms with E-state index in [1.54, 1.807) is 30.3 Å². The zero-order valence-electron chi connectivity index (χ0n) is 12.0. The molecule has 0 fully saturated rings. The lowest BCUT2D eigenvalue weighted by Crippen LogP contribution is -2.13. The van der Waals surface area contributed by atoms with E-state index in [1.807, 2.05) is 6.07 Å². The number of carbonyl (C=O) groups is 1. The van der Waals surface area contributed by atoms with Gasteiger partial charge in [0, 0.05) is 5.69 Å². The molecule has 0 aliphatic carbocycles. The number of hydrogen-bond donors (Lipinski definition) is 1. The van der Waals surface area contributed by atoms with Crippen molar-refractivity contribution in [1.82, 2.24) is 0 Å². The molecule has 0 aromatic heterocycles. The maximum atomic E-state index is 12.4. The number of carbonyl (C=O) groups excluding carboxylic acids is 1. The van der Waals surface area contributed by atoms with Crippen LogP contribution in [0.5, 0.6) is 11.5 Å². The second kappa shape index (κ2) is 6.83. The van der Waals surface area contributed by atoms with Crippen LogP contribution < -0.4 is 14.8 Å². The fraction of sp³-hybridized carbons (Fsp3) is 0.125. The predicted octanol–water partition coefficient (Wildman–Crippen LogP) is 3.48. The van der Waals surface area contributed by atoms with Crippen molar-refractivity contribution in [3.05, 3.63) is 52.5 Å². The van der Waals surface area contributed by atoms with Gasteiger partial charge in [-0.15, -0.1) is 0 Å². The number of nitrogens with one attached hydrogen (secondary N) is 1. The first-order chi connectivity index (χ1) is 10.6. The Bertz CT molecular complexity index is 754. The molecule has 0 saturated carbocycles. The van der Waals surface area contributed by atoms with E-state index in [0.717, 1.165) is 0 Å². The van der Waals surface area contributed by atoms with Crippen molar-refractivity contribution < 1.29 is 14.3 Å². The van der Waals surface area contributed by atoms with Crippen molar-refractivity contribution in [2.75, 3.05) is 19.5 Å². The SMILES string of the molecule is COc1ccc(OC)c(C(=O)Nc2ccc(C#N)c(Cl)c2)c1. The number of hydrogen-bond acceptors (Lipinski definition) is 4. The van der Waals surface area contributed by atoms with Gasteiger partial charge in [-0.1, -0.05) is 11.6 Å². The van der Waals surface area contributed by atoms with Crippen LogP contribution in [-0.4, -0.2) is 20.1 Å². The monoisotopic (exact) mass is 316 g/mol. The van der Waals surface area contributed by atoms with E-state index >= 15 is 0 Å². The second-order valence-corrected chi connectivity index (χ2v) is 4.73. The van der Waals surface area contributed by atoms with Crippen LogP contribution in [0.15, 0.2) is 36.4 Å². The van der Waals surface area contributed by atoms with Crippen LogP contribution in [0.2, 0.25) is 5.02 Å². The van der Waals surface area contributed by atoms with Crippen LogP contribution in [0.25, 0.3) is 0 Å². The maximum Gasteiger partial charge on any atom is 0.259 e. The average molecular weight is 317 g/mol. The van der Waals surface area contributed by atoms with E-state index in [2.05, 4.69) is 5.32 Å². The molecule has 2 aromatic carbocycles. The number of halogens is 1. The molecule has 0 spiro atoms. The van der Waals surface area contributed by atoms with E-state index < -0.39 is 0 Å². The molecule has 112 valence electrons. The Kier molecular flexibility index (Phi) is 4.87. The molecule has 1 amide bonds. The molecule has 0 heterocycles. The lowest BCUT2D eigenvalue weighted by atomic mass is 10.1. The van der Waals surface area contributed by atoms with Crippen LogP contribution in [0, 0.1) is 11.3 Å². The zero-order chi connectivity index (χ0) is 16.1. The lowest BCUT2D eigenvalue weighted by molar-refractivity contribution is 0.102. The summed E-state index contributed by atoms with van der Waals surface area (Å²) < 4.78 is 10.3. The highest BCUT2D eigenvalue weighted by Crippen LogP contribution is 2.26. The van der Waals surface area contributed by atoms with Gasteiger partial charge in [0.25, 0.3) is 5.91 Å². The van der Waals surface area contributed by atoms with Crippen LogP contribution in [0.3, 0.4) is 0 Å². The molecule has 0 unspecified atom stereocenters. The second-order valence-electron chi connectivity index (χ2n) is 4.33. The molecule has 22 heavy (non-hydrogen) atoms. The van der Waals surface area contributed by atoms with Gasteiger partial charge in [-0.3, -0.25) is 4.79 Å². The minimum atomic E-state index is -0.364. The summed E-state index contributed by atoms with van der Waals surface area (Å²) in [5.74, 6) is 0.610. The van der Waals surface area contributed by atoms with Gasteiger partial charge >= 0.3 is 0 Å². The van der Waals surface area contributed by atoms with E-state index in [4.69, 9.17) is 26.3 Å². The Morgan fingerprint density at radius 1 is 1.18 bits per heavy atom. The summed E-state index contributed by atoms with van der Waals surface area (Å²) in [5, 5.41) is 11.8. The van der Waals surface area contributed by atoms with Crippen molar-refractivity contribution >= 4 is 23.2 Å². The molecule has 0 atom stereocenters. The fourth-order valence-electron chi connectivity index (χ4n) is 1.87. The van der Waals surface area contributed by atoms with E-state index in [1.165, 1.54) is 20.3 Å². The van der Waals surface area contributed by atoms with Crippen molar-refractivity contribution in [2.45, 2.75) is 0 Å². The molecular formula is C16H13ClN2O3. The standard InChI is InChI=1S/C16H13ClN2O3/c1-21-12-5-6-15(22-2)13(8-12)16(20)19-11-4-3-10(9-18)14(17)7-11/h3-8H,1-2H3,(H,19,20). The summed E-state index contributed by atoms with van der Waals surface area (Å²) in [4.78, 5) is 12.4. The Balaban J connectivity index is 2.29. The summed E-state index contributed by atoms with van der Waals surface area (Å²) >= 11 is 5.95. The normalized spacial score (nSPS) is 9.73. The quantitative estimate of drug-likeness (QED) is 0.937. The van der Waals surface area contributed by atoms with Gasteiger partial charge in [-0.2, -0.15) is 5.26 Å². The third-order valence-electron chi connectivity index (χ3n) is 3.00. The third-order valence-corrected chi connectivity index (χ3v) is 3.31. The molecule has 0 saturated heterocycles. The number of rotatable bonds is 4. The van der Waals surface area contributed by atoms with Crippen molar-refractivity contribution in [3.8, 4) is 17.6 Å². The Morgan fingerprint density at radius 3 is 2.55 bits per heavy atom. The van der Waals surface area contributed by atoms with Crippen LogP contribution in [0.4, 0.5) is 5.69 Å². The molecule has 5 nitrogen and oxygen atoms in total. The van der Waals surface area contributed by atoms with Crippen LogP contribution in [-0.2, 0) is 0 Å². The molecule has 2 rings (SSSR count). The van der Waals surface area contributed by atoms with Gasteiger partial charge in [0.1, 0.15) is 17.6 Å². The molecule has 2 aromatic rings. The van der Waals surface area contributed by atoms with Crippen molar-refractivity contribution in [2.24, 2.45) is 0 Å². The first kappa shape index (κ1) is 15.7. The Morgan fingerprint density at radius 2 is 1.95 bits per heavy atom. The molecule has 0 bridgehead atoms. The largest absolute Gasteiger partial charge is 0.497 e. The number of methoxy groups -OCH3 is 2. The highest BCUT2D eigenvalue weighted by atomic mass is 35.5. The van der Waals surface area contributed by atoms with Gasteiger partial charge in [0.05, 0.1) is 30.4 Å². The van der Waals surface area contributed by atoms with Gasteiger partial charge in [-0.25, -0.2) is 0 Å². The number of ether oxygens (including phenoxy) is 2. The Hall–Kier alpha value is -2.71. The van der Waals surface area contributed by atoms with Gasteiger partial charge in [0.15, 0.2) is 0 Å². The molecule has 0 aliphatic rings. The molecular weight excluding hydrogens is 304 g/mol. The van der Waals surface area contributed by atoms with Crippen LogP contribution in [0.1, 0.15) is 15.9 Å². The summed E-state index contributed by atoms with van der Waals surface area (Å²) in [5.41, 5.74) is 1.17. The van der Waals surface area contributed by atoms with Crippen LogP contribution >= 0.6 is 11.6 Å². The summed E-state index contributed by atoms with van der Waals surface area (Å²) in [6, 6.07) is 11.6. The lowest BCUT2D eigenvalue weighted by Gasteiger charge is -2.11. The molecule has 0 radical (unpaired) electrons. The maximum absolute atomic E-state index is 12.4. The highest BCUT2D eigenvalue weighted by Gasteiger charge is 2.14. The number of anilines is 1. The molecule has 1 N–H and O–H groups in total. The fourth-order valence-corrected chi connectivity index (χ4v) is 2.10. The summed E-state index contributed by atoms with van der Waals surface area (Å²) in [6.07, 6.45) is 0. The van der Waals surface area contributed by atoms with Gasteiger partial charge < -0.3 is 14.8 Å². The number of nitriles is 1. The minimum absolute atomic E-state index is 0.276.